The minimum absolute atomic E-state index is 0.251. The van der Waals surface area contributed by atoms with Gasteiger partial charge in [0.2, 0.25) is 10.0 Å². The minimum atomic E-state index is -4.26. The van der Waals surface area contributed by atoms with Crippen LogP contribution in [0.1, 0.15) is 27.0 Å². The Morgan fingerprint density at radius 1 is 0.839 bits per heavy atom. The summed E-state index contributed by atoms with van der Waals surface area (Å²) in [5, 5.41) is 5.14. The summed E-state index contributed by atoms with van der Waals surface area (Å²) in [7, 11) is -8.47. The van der Waals surface area contributed by atoms with Gasteiger partial charge in [-0.1, -0.05) is 60.7 Å². The molecule has 1 aliphatic carbocycles. The number of sulfone groups is 1. The van der Waals surface area contributed by atoms with E-state index in [4.69, 9.17) is 5.14 Å². The van der Waals surface area contributed by atoms with Gasteiger partial charge in [0.25, 0.3) is 0 Å². The van der Waals surface area contributed by atoms with E-state index in [1.807, 2.05) is 42.5 Å². The van der Waals surface area contributed by atoms with E-state index in [9.17, 15) is 21.6 Å². The van der Waals surface area contributed by atoms with Crippen molar-refractivity contribution < 1.29 is 21.6 Å². The highest BCUT2D eigenvalue weighted by Crippen LogP contribution is 2.32. The van der Waals surface area contributed by atoms with Gasteiger partial charge in [-0.3, -0.25) is 4.79 Å². The van der Waals surface area contributed by atoms with Crippen LogP contribution in [-0.4, -0.2) is 28.4 Å². The molecule has 3 aromatic carbocycles. The van der Waals surface area contributed by atoms with E-state index >= 15 is 0 Å². The molecule has 8 heteroatoms. The number of benzene rings is 3. The number of carbonyl (C=O) groups excluding carboxylic acids is 1. The van der Waals surface area contributed by atoms with Gasteiger partial charge in [0.05, 0.1) is 4.90 Å². The number of hydrogen-bond donors (Lipinski definition) is 1. The minimum Gasteiger partial charge on any atom is -0.293 e. The van der Waals surface area contributed by atoms with Crippen molar-refractivity contribution in [2.45, 2.75) is 16.2 Å². The molecule has 0 radical (unpaired) electrons. The second kappa shape index (κ2) is 7.88. The normalized spacial score (nSPS) is 13.5. The fourth-order valence-corrected chi connectivity index (χ4v) is 6.29. The topological polar surface area (TPSA) is 111 Å². The van der Waals surface area contributed by atoms with Gasteiger partial charge >= 0.3 is 0 Å². The van der Waals surface area contributed by atoms with Crippen molar-refractivity contribution in [2.75, 3.05) is 5.75 Å². The summed E-state index contributed by atoms with van der Waals surface area (Å²) in [5.74, 6) is -1.47. The van der Waals surface area contributed by atoms with Gasteiger partial charge in [-0.25, -0.2) is 22.0 Å². The van der Waals surface area contributed by atoms with E-state index < -0.39 is 41.2 Å². The molecule has 0 saturated heterocycles. The molecule has 0 aliphatic heterocycles. The van der Waals surface area contributed by atoms with E-state index in [0.29, 0.717) is 0 Å². The first-order valence-electron chi connectivity index (χ1n) is 9.42. The van der Waals surface area contributed by atoms with Crippen LogP contribution in [0.15, 0.2) is 82.6 Å². The molecule has 2 N–H and O–H groups in total. The van der Waals surface area contributed by atoms with Gasteiger partial charge in [-0.2, -0.15) is 0 Å². The number of primary sulfonamides is 1. The Labute approximate surface area is 181 Å². The third-order valence-corrected chi connectivity index (χ3v) is 7.90. The number of Topliss-reactive ketones (excluding diaryl/α,β-unsaturated/α-hetero) is 1. The third-order valence-electron chi connectivity index (χ3n) is 5.13. The van der Waals surface area contributed by atoms with E-state index in [0.717, 1.165) is 40.8 Å². The lowest BCUT2D eigenvalue weighted by atomic mass is 10.0. The summed E-state index contributed by atoms with van der Waals surface area (Å²) < 4.78 is 49.1. The van der Waals surface area contributed by atoms with Crippen LogP contribution in [0.2, 0.25) is 0 Å². The number of allylic oxidation sites excluding steroid dienone is 1. The largest absolute Gasteiger partial charge is 0.293 e. The van der Waals surface area contributed by atoms with Crippen molar-refractivity contribution in [3.05, 3.63) is 95.1 Å². The first-order valence-corrected chi connectivity index (χ1v) is 12.6. The van der Waals surface area contributed by atoms with Gasteiger partial charge in [-0.15, -0.1) is 0 Å². The fraction of sp³-hybridized carbons (Fsp3) is 0.0870. The summed E-state index contributed by atoms with van der Waals surface area (Å²) >= 11 is 0. The van der Waals surface area contributed by atoms with E-state index in [-0.39, 0.29) is 5.56 Å². The van der Waals surface area contributed by atoms with Crippen molar-refractivity contribution >= 4 is 37.3 Å². The van der Waals surface area contributed by atoms with E-state index in [1.165, 1.54) is 12.1 Å². The van der Waals surface area contributed by atoms with Crippen LogP contribution in [0.25, 0.3) is 11.6 Å². The summed E-state index contributed by atoms with van der Waals surface area (Å²) in [6.07, 6.45) is 2.72. The average molecular weight is 454 g/mol. The highest BCUT2D eigenvalue weighted by atomic mass is 32.2. The number of ketones is 1. The second-order valence-electron chi connectivity index (χ2n) is 7.30. The molecule has 4 rings (SSSR count). The Morgan fingerprint density at radius 3 is 2.16 bits per heavy atom. The molecular formula is C23H19NO5S2. The number of nitrogens with two attached hydrogens (primary N) is 1. The quantitative estimate of drug-likeness (QED) is 0.577. The standard InChI is InChI=1S/C23H19NO5S2/c24-31(28,29)23-9-5-4-8-22(23)30(26,27)15-21(25)18-11-10-17-12-19(14-20(17)13-18)16-6-2-1-3-7-16/h1-11,13-14H,12,15H2,(H2,24,28,29). The first-order chi connectivity index (χ1) is 14.6. The third kappa shape index (κ3) is 4.36. The number of sulfonamides is 1. The van der Waals surface area contributed by atoms with Crippen molar-refractivity contribution in [2.24, 2.45) is 5.14 Å². The molecule has 0 spiro atoms. The van der Waals surface area contributed by atoms with Gasteiger partial charge in [0.1, 0.15) is 10.6 Å². The zero-order chi connectivity index (χ0) is 22.2. The van der Waals surface area contributed by atoms with Crippen molar-refractivity contribution in [1.29, 1.82) is 0 Å². The van der Waals surface area contributed by atoms with Crippen LogP contribution in [0, 0.1) is 0 Å². The fourth-order valence-electron chi connectivity index (χ4n) is 3.62. The highest BCUT2D eigenvalue weighted by molar-refractivity contribution is 7.94. The predicted octanol–water partition coefficient (Wildman–Crippen LogP) is 3.09. The molecule has 0 aromatic heterocycles. The maximum atomic E-state index is 12.8. The Morgan fingerprint density at radius 2 is 1.48 bits per heavy atom. The first kappa shape index (κ1) is 21.2. The zero-order valence-corrected chi connectivity index (χ0v) is 18.0. The molecule has 0 heterocycles. The smallest absolute Gasteiger partial charge is 0.239 e. The second-order valence-corrected chi connectivity index (χ2v) is 10.8. The van der Waals surface area contributed by atoms with E-state index in [1.54, 1.807) is 12.1 Å². The van der Waals surface area contributed by atoms with Gasteiger partial charge < -0.3 is 0 Å². The maximum Gasteiger partial charge on any atom is 0.239 e. The van der Waals surface area contributed by atoms with E-state index in [2.05, 4.69) is 0 Å². The zero-order valence-electron chi connectivity index (χ0n) is 16.4. The molecule has 0 bridgehead atoms. The Kier molecular flexibility index (Phi) is 5.38. The van der Waals surface area contributed by atoms with Crippen LogP contribution < -0.4 is 5.14 Å². The molecule has 0 amide bonds. The lowest BCUT2D eigenvalue weighted by molar-refractivity contribution is 0.102. The van der Waals surface area contributed by atoms with Crippen LogP contribution in [0.3, 0.4) is 0 Å². The van der Waals surface area contributed by atoms with Crippen LogP contribution >= 0.6 is 0 Å². The number of fused-ring (bicyclic) bond motifs is 1. The monoisotopic (exact) mass is 453 g/mol. The van der Waals surface area contributed by atoms with Gasteiger partial charge in [-0.05, 0) is 46.9 Å². The molecule has 0 atom stereocenters. The van der Waals surface area contributed by atoms with Crippen LogP contribution in [0.4, 0.5) is 0 Å². The predicted molar refractivity (Wildman–Crippen MR) is 119 cm³/mol. The Bertz CT molecular complexity index is 1420. The molecule has 31 heavy (non-hydrogen) atoms. The molecule has 1 aliphatic rings. The molecular weight excluding hydrogens is 434 g/mol. The van der Waals surface area contributed by atoms with Crippen LogP contribution in [0.5, 0.6) is 0 Å². The maximum absolute atomic E-state index is 12.8. The number of rotatable bonds is 6. The SMILES string of the molecule is NS(=O)(=O)c1ccccc1S(=O)(=O)CC(=O)c1ccc2c(c1)C=C(c1ccccc1)C2. The number of hydrogen-bond acceptors (Lipinski definition) is 5. The van der Waals surface area contributed by atoms with Gasteiger partial charge in [0.15, 0.2) is 15.6 Å². The molecule has 6 nitrogen and oxygen atoms in total. The summed E-state index contributed by atoms with van der Waals surface area (Å²) in [5.41, 5.74) is 4.38. The molecule has 0 unspecified atom stereocenters. The lowest BCUT2D eigenvalue weighted by Gasteiger charge is -2.09. The van der Waals surface area contributed by atoms with Crippen molar-refractivity contribution in [3.8, 4) is 0 Å². The molecule has 0 fully saturated rings. The summed E-state index contributed by atoms with van der Waals surface area (Å²) in [6, 6.07) is 20.0. The van der Waals surface area contributed by atoms with Crippen molar-refractivity contribution in [1.82, 2.24) is 0 Å². The van der Waals surface area contributed by atoms with Crippen molar-refractivity contribution in [3.63, 3.8) is 0 Å². The van der Waals surface area contributed by atoms with Gasteiger partial charge in [0, 0.05) is 5.56 Å². The highest BCUT2D eigenvalue weighted by Gasteiger charge is 2.27. The molecule has 0 saturated carbocycles. The van der Waals surface area contributed by atoms with Crippen LogP contribution in [-0.2, 0) is 26.3 Å². The Balaban J connectivity index is 1.62. The summed E-state index contributed by atoms with van der Waals surface area (Å²) in [6.45, 7) is 0. The molecule has 3 aromatic rings. The Hall–Kier alpha value is -3.07. The number of carbonyl (C=O) groups is 1. The average Bonchev–Trinajstić information content (AvgIpc) is 3.17. The summed E-state index contributed by atoms with van der Waals surface area (Å²) in [4.78, 5) is 11.8. The molecule has 158 valence electrons. The lowest BCUT2D eigenvalue weighted by Crippen LogP contribution is -2.21.